The van der Waals surface area contributed by atoms with Crippen LogP contribution in [0, 0.1) is 0 Å². The Morgan fingerprint density at radius 2 is 2.20 bits per heavy atom. The van der Waals surface area contributed by atoms with Gasteiger partial charge in [0.2, 0.25) is 0 Å². The summed E-state index contributed by atoms with van der Waals surface area (Å²) in [6, 6.07) is 7.13. The van der Waals surface area contributed by atoms with E-state index in [1.54, 1.807) is 18.2 Å². The van der Waals surface area contributed by atoms with Crippen molar-refractivity contribution in [3.05, 3.63) is 29.8 Å². The molecular weight excluding hydrogens is 276 g/mol. The molecule has 0 amide bonds. The van der Waals surface area contributed by atoms with Crippen molar-refractivity contribution in [2.45, 2.75) is 31.6 Å². The van der Waals surface area contributed by atoms with Crippen LogP contribution in [-0.4, -0.2) is 40.3 Å². The maximum absolute atomic E-state index is 12.1. The molecule has 1 aromatic rings. The Bertz CT molecular complexity index is 500. The molecule has 1 aliphatic heterocycles. The van der Waals surface area contributed by atoms with E-state index in [0.29, 0.717) is 30.3 Å². The second kappa shape index (κ2) is 6.99. The second-order valence-electron chi connectivity index (χ2n) is 4.89. The molecular formula is C15H20O4S. The Kier molecular flexibility index (Phi) is 5.31. The van der Waals surface area contributed by atoms with E-state index in [1.165, 1.54) is 6.92 Å². The summed E-state index contributed by atoms with van der Waals surface area (Å²) in [6.45, 7) is 4.51. The summed E-state index contributed by atoms with van der Waals surface area (Å²) in [7, 11) is -0.951. The van der Waals surface area contributed by atoms with Crippen LogP contribution >= 0.6 is 0 Å². The summed E-state index contributed by atoms with van der Waals surface area (Å²) >= 11 is 0. The summed E-state index contributed by atoms with van der Waals surface area (Å²) < 4.78 is 23.2. The minimum Gasteiger partial charge on any atom is -0.492 e. The van der Waals surface area contributed by atoms with Gasteiger partial charge in [-0.3, -0.25) is 9.00 Å². The van der Waals surface area contributed by atoms with E-state index in [2.05, 4.69) is 0 Å². The topological polar surface area (TPSA) is 52.6 Å². The third kappa shape index (κ3) is 3.67. The van der Waals surface area contributed by atoms with Gasteiger partial charge in [-0.2, -0.15) is 0 Å². The van der Waals surface area contributed by atoms with Crippen LogP contribution in [0.25, 0.3) is 0 Å². The molecule has 5 heteroatoms. The third-order valence-electron chi connectivity index (χ3n) is 3.45. The van der Waals surface area contributed by atoms with Crippen LogP contribution in [0.15, 0.2) is 24.3 Å². The molecule has 1 aromatic carbocycles. The normalized spacial score (nSPS) is 23.5. The first-order valence-corrected chi connectivity index (χ1v) is 8.19. The zero-order valence-electron chi connectivity index (χ0n) is 11.8. The lowest BCUT2D eigenvalue weighted by Crippen LogP contribution is -2.27. The summed E-state index contributed by atoms with van der Waals surface area (Å²) in [6.07, 6.45) is 0.901. The van der Waals surface area contributed by atoms with Gasteiger partial charge in [-0.25, -0.2) is 0 Å². The van der Waals surface area contributed by atoms with Crippen LogP contribution in [-0.2, 0) is 15.5 Å². The molecule has 0 aromatic heterocycles. The Balaban J connectivity index is 1.87. The highest BCUT2D eigenvalue weighted by Crippen LogP contribution is 2.20. The zero-order chi connectivity index (χ0) is 14.5. The van der Waals surface area contributed by atoms with E-state index in [-0.39, 0.29) is 17.1 Å². The van der Waals surface area contributed by atoms with Crippen LogP contribution < -0.4 is 4.74 Å². The maximum atomic E-state index is 12.1. The molecule has 0 N–H and O–H groups in total. The number of ether oxygens (including phenoxy) is 2. The molecule has 0 spiro atoms. The van der Waals surface area contributed by atoms with Gasteiger partial charge in [0.1, 0.15) is 5.75 Å². The molecule has 0 bridgehead atoms. The average molecular weight is 296 g/mol. The quantitative estimate of drug-likeness (QED) is 0.755. The predicted octanol–water partition coefficient (Wildman–Crippen LogP) is 2.19. The number of ketones is 1. The van der Waals surface area contributed by atoms with Crippen LogP contribution in [0.4, 0.5) is 0 Å². The third-order valence-corrected chi connectivity index (χ3v) is 5.32. The lowest BCUT2D eigenvalue weighted by atomic mass is 10.1. The molecule has 20 heavy (non-hydrogen) atoms. The van der Waals surface area contributed by atoms with Crippen molar-refractivity contribution in [1.29, 1.82) is 0 Å². The van der Waals surface area contributed by atoms with E-state index in [4.69, 9.17) is 9.47 Å². The Morgan fingerprint density at radius 1 is 1.45 bits per heavy atom. The Labute approximate surface area is 121 Å². The molecule has 1 saturated heterocycles. The van der Waals surface area contributed by atoms with Crippen molar-refractivity contribution in [2.75, 3.05) is 19.0 Å². The SMILES string of the molecule is CC(=O)c1ccccc1OCCS(=O)C1CCOC1C. The van der Waals surface area contributed by atoms with Gasteiger partial charge in [-0.1, -0.05) is 12.1 Å². The number of hydrogen-bond acceptors (Lipinski definition) is 4. The molecule has 0 aliphatic carbocycles. The molecule has 3 unspecified atom stereocenters. The lowest BCUT2D eigenvalue weighted by Gasteiger charge is -2.14. The first kappa shape index (κ1) is 15.2. The first-order valence-electron chi connectivity index (χ1n) is 6.81. The van der Waals surface area contributed by atoms with Gasteiger partial charge >= 0.3 is 0 Å². The van der Waals surface area contributed by atoms with Gasteiger partial charge in [0.05, 0.1) is 29.3 Å². The number of rotatable bonds is 6. The fourth-order valence-electron chi connectivity index (χ4n) is 2.33. The number of benzene rings is 1. The smallest absolute Gasteiger partial charge is 0.163 e. The first-order chi connectivity index (χ1) is 9.59. The number of Topliss-reactive ketones (excluding diaryl/α,β-unsaturated/α-hetero) is 1. The van der Waals surface area contributed by atoms with Crippen molar-refractivity contribution >= 4 is 16.6 Å². The number of carbonyl (C=O) groups excluding carboxylic acids is 1. The fraction of sp³-hybridized carbons (Fsp3) is 0.533. The highest BCUT2D eigenvalue weighted by Gasteiger charge is 2.29. The van der Waals surface area contributed by atoms with Gasteiger partial charge in [-0.05, 0) is 32.4 Å². The van der Waals surface area contributed by atoms with Crippen molar-refractivity contribution in [3.63, 3.8) is 0 Å². The molecule has 0 radical (unpaired) electrons. The predicted molar refractivity (Wildman–Crippen MR) is 78.8 cm³/mol. The van der Waals surface area contributed by atoms with E-state index < -0.39 is 10.8 Å². The van der Waals surface area contributed by atoms with Crippen LogP contribution in [0.5, 0.6) is 5.75 Å². The number of para-hydroxylation sites is 1. The lowest BCUT2D eigenvalue weighted by molar-refractivity contribution is 0.101. The summed E-state index contributed by atoms with van der Waals surface area (Å²) in [5, 5.41) is 0.0988. The molecule has 4 nitrogen and oxygen atoms in total. The van der Waals surface area contributed by atoms with Gasteiger partial charge < -0.3 is 9.47 Å². The number of carbonyl (C=O) groups is 1. The molecule has 2 rings (SSSR count). The summed E-state index contributed by atoms with van der Waals surface area (Å²) in [4.78, 5) is 11.5. The summed E-state index contributed by atoms with van der Waals surface area (Å²) in [5.74, 6) is 0.997. The molecule has 3 atom stereocenters. The minimum atomic E-state index is -0.951. The van der Waals surface area contributed by atoms with Crippen molar-refractivity contribution in [3.8, 4) is 5.75 Å². The standard InChI is InChI=1S/C15H20O4S/c1-11(16)13-5-3-4-6-14(13)19-9-10-20(17)15-7-8-18-12(15)2/h3-6,12,15H,7-10H2,1-2H3. The minimum absolute atomic E-state index is 0.0282. The van der Waals surface area contributed by atoms with E-state index in [0.717, 1.165) is 6.42 Å². The summed E-state index contributed by atoms with van der Waals surface area (Å²) in [5.41, 5.74) is 0.566. The average Bonchev–Trinajstić information content (AvgIpc) is 2.85. The second-order valence-corrected chi connectivity index (χ2v) is 6.66. The molecule has 1 fully saturated rings. The van der Waals surface area contributed by atoms with Crippen molar-refractivity contribution in [1.82, 2.24) is 0 Å². The van der Waals surface area contributed by atoms with E-state index in [9.17, 15) is 9.00 Å². The maximum Gasteiger partial charge on any atom is 0.163 e. The largest absolute Gasteiger partial charge is 0.492 e. The van der Waals surface area contributed by atoms with E-state index >= 15 is 0 Å². The van der Waals surface area contributed by atoms with Crippen LogP contribution in [0.3, 0.4) is 0 Å². The molecule has 110 valence electrons. The molecule has 1 heterocycles. The molecule has 0 saturated carbocycles. The zero-order valence-corrected chi connectivity index (χ0v) is 12.7. The Morgan fingerprint density at radius 3 is 2.85 bits per heavy atom. The van der Waals surface area contributed by atoms with Gasteiger partial charge in [-0.15, -0.1) is 0 Å². The van der Waals surface area contributed by atoms with Crippen molar-refractivity contribution in [2.24, 2.45) is 0 Å². The Hall–Kier alpha value is -1.20. The molecule has 1 aliphatic rings. The van der Waals surface area contributed by atoms with Gasteiger partial charge in [0.25, 0.3) is 0 Å². The van der Waals surface area contributed by atoms with Crippen LogP contribution in [0.2, 0.25) is 0 Å². The van der Waals surface area contributed by atoms with E-state index in [1.807, 2.05) is 13.0 Å². The monoisotopic (exact) mass is 296 g/mol. The number of hydrogen-bond donors (Lipinski definition) is 0. The van der Waals surface area contributed by atoms with Gasteiger partial charge in [0, 0.05) is 17.4 Å². The van der Waals surface area contributed by atoms with Crippen molar-refractivity contribution < 1.29 is 18.5 Å². The highest BCUT2D eigenvalue weighted by atomic mass is 32.2. The van der Waals surface area contributed by atoms with Gasteiger partial charge in [0.15, 0.2) is 5.78 Å². The van der Waals surface area contributed by atoms with Crippen LogP contribution in [0.1, 0.15) is 30.6 Å². The fourth-order valence-corrected chi connectivity index (χ4v) is 3.74. The highest BCUT2D eigenvalue weighted by molar-refractivity contribution is 7.85.